The zero-order chi connectivity index (χ0) is 25.3. The van der Waals surface area contributed by atoms with Gasteiger partial charge in [-0.2, -0.15) is 5.10 Å². The van der Waals surface area contributed by atoms with E-state index in [9.17, 15) is 9.90 Å². The Labute approximate surface area is 214 Å². The maximum absolute atomic E-state index is 12.9. The van der Waals surface area contributed by atoms with E-state index < -0.39 is 5.60 Å². The van der Waals surface area contributed by atoms with Crippen molar-refractivity contribution in [3.05, 3.63) is 75.2 Å². The predicted octanol–water partition coefficient (Wildman–Crippen LogP) is 6.68. The van der Waals surface area contributed by atoms with Gasteiger partial charge < -0.3 is 14.3 Å². The largest absolute Gasteiger partial charge is 0.456 e. The maximum Gasteiger partial charge on any atom is 0.339 e. The molecule has 0 aliphatic carbocycles. The van der Waals surface area contributed by atoms with Crippen molar-refractivity contribution in [3.8, 4) is 11.3 Å². The molecular weight excluding hydrogens is 508 g/mol. The topological polar surface area (TPSA) is 77.5 Å². The standard InChI is InChI=1S/C28H31BrN2O4/c1-6-23-22(24(16-32)31(7-2)30-23)15-17-12-13-19-21(14-17)26(29)34-25(19)18-10-8-9-11-20(18)27(33)35-28(3,4)5/h8-14,32H,6-7,15-16H2,1-5H3. The fraction of sp³-hybridized carbons (Fsp3) is 0.357. The third-order valence-corrected chi connectivity index (χ3v) is 6.53. The molecule has 1 N–H and O–H groups in total. The minimum atomic E-state index is -0.596. The molecule has 4 rings (SSSR count). The molecule has 0 amide bonds. The van der Waals surface area contributed by atoms with Gasteiger partial charge in [-0.05, 0) is 67.7 Å². The number of halogens is 1. The molecule has 4 aromatic rings. The van der Waals surface area contributed by atoms with Gasteiger partial charge in [-0.3, -0.25) is 4.68 Å². The highest BCUT2D eigenvalue weighted by Gasteiger charge is 2.24. The Morgan fingerprint density at radius 1 is 1.14 bits per heavy atom. The number of ether oxygens (including phenoxy) is 1. The molecule has 0 fully saturated rings. The van der Waals surface area contributed by atoms with Crippen molar-refractivity contribution in [1.29, 1.82) is 0 Å². The van der Waals surface area contributed by atoms with Gasteiger partial charge in [0.05, 0.1) is 23.6 Å². The number of carbonyl (C=O) groups is 1. The summed E-state index contributed by atoms with van der Waals surface area (Å²) in [5.41, 5.74) is 4.59. The number of aliphatic hydroxyl groups is 1. The van der Waals surface area contributed by atoms with Crippen LogP contribution in [0.4, 0.5) is 0 Å². The number of rotatable bonds is 7. The number of esters is 1. The Hall–Kier alpha value is -2.90. The lowest BCUT2D eigenvalue weighted by Crippen LogP contribution is -2.24. The summed E-state index contributed by atoms with van der Waals surface area (Å²) in [7, 11) is 0. The summed E-state index contributed by atoms with van der Waals surface area (Å²) in [6.07, 6.45) is 1.47. The number of hydrogen-bond donors (Lipinski definition) is 1. The molecule has 0 atom stereocenters. The normalized spacial score (nSPS) is 11.9. The number of fused-ring (bicyclic) bond motifs is 1. The number of carbonyl (C=O) groups excluding carboxylic acids is 1. The summed E-state index contributed by atoms with van der Waals surface area (Å²) in [5, 5.41) is 16.5. The van der Waals surface area contributed by atoms with Gasteiger partial charge in [0.15, 0.2) is 4.67 Å². The van der Waals surface area contributed by atoms with Crippen molar-refractivity contribution in [2.45, 2.75) is 66.2 Å². The monoisotopic (exact) mass is 538 g/mol. The first-order chi connectivity index (χ1) is 16.7. The number of hydrogen-bond acceptors (Lipinski definition) is 5. The second-order valence-electron chi connectivity index (χ2n) is 9.51. The van der Waals surface area contributed by atoms with Crippen LogP contribution >= 0.6 is 15.9 Å². The van der Waals surface area contributed by atoms with E-state index in [0.29, 0.717) is 28.0 Å². The fourth-order valence-corrected chi connectivity index (χ4v) is 4.86. The zero-order valence-electron chi connectivity index (χ0n) is 20.8. The van der Waals surface area contributed by atoms with E-state index in [0.717, 1.165) is 46.3 Å². The number of nitrogens with zero attached hydrogens (tertiary/aromatic N) is 2. The summed E-state index contributed by atoms with van der Waals surface area (Å²) >= 11 is 3.58. The highest BCUT2D eigenvalue weighted by atomic mass is 79.9. The van der Waals surface area contributed by atoms with Crippen molar-refractivity contribution < 1.29 is 19.1 Å². The van der Waals surface area contributed by atoms with Gasteiger partial charge in [0.1, 0.15) is 11.4 Å². The fourth-order valence-electron chi connectivity index (χ4n) is 4.37. The molecule has 6 nitrogen and oxygen atoms in total. The molecule has 0 saturated carbocycles. The number of benzene rings is 2. The number of aryl methyl sites for hydroxylation is 2. The van der Waals surface area contributed by atoms with Crippen LogP contribution in [0, 0.1) is 0 Å². The Morgan fingerprint density at radius 3 is 2.54 bits per heavy atom. The van der Waals surface area contributed by atoms with Crippen LogP contribution < -0.4 is 0 Å². The van der Waals surface area contributed by atoms with E-state index in [2.05, 4.69) is 40.1 Å². The van der Waals surface area contributed by atoms with Crippen molar-refractivity contribution >= 4 is 32.7 Å². The molecule has 0 unspecified atom stereocenters. The lowest BCUT2D eigenvalue weighted by atomic mass is 9.98. The molecule has 184 valence electrons. The van der Waals surface area contributed by atoms with Crippen LogP contribution in [-0.2, 0) is 30.7 Å². The molecular formula is C28H31BrN2O4. The minimum absolute atomic E-state index is 0.0422. The number of aliphatic hydroxyl groups excluding tert-OH is 1. The molecule has 2 aromatic carbocycles. The molecule has 0 spiro atoms. The van der Waals surface area contributed by atoms with Crippen LogP contribution in [0.1, 0.15) is 67.5 Å². The number of furan rings is 1. The van der Waals surface area contributed by atoms with E-state index >= 15 is 0 Å². The van der Waals surface area contributed by atoms with Crippen LogP contribution in [0.25, 0.3) is 22.1 Å². The lowest BCUT2D eigenvalue weighted by Gasteiger charge is -2.20. The third-order valence-electron chi connectivity index (χ3n) is 5.94. The predicted molar refractivity (Wildman–Crippen MR) is 141 cm³/mol. The van der Waals surface area contributed by atoms with Crippen LogP contribution in [0.2, 0.25) is 0 Å². The van der Waals surface area contributed by atoms with Crippen molar-refractivity contribution in [3.63, 3.8) is 0 Å². The van der Waals surface area contributed by atoms with Crippen molar-refractivity contribution in [2.75, 3.05) is 0 Å². The highest BCUT2D eigenvalue weighted by molar-refractivity contribution is 9.10. The van der Waals surface area contributed by atoms with Gasteiger partial charge in [-0.15, -0.1) is 0 Å². The second-order valence-corrected chi connectivity index (χ2v) is 10.2. The zero-order valence-corrected chi connectivity index (χ0v) is 22.4. The molecule has 7 heteroatoms. The van der Waals surface area contributed by atoms with Crippen LogP contribution in [0.3, 0.4) is 0 Å². The van der Waals surface area contributed by atoms with Crippen LogP contribution in [-0.4, -0.2) is 26.5 Å². The quantitative estimate of drug-likeness (QED) is 0.265. The first kappa shape index (κ1) is 25.2. The van der Waals surface area contributed by atoms with Gasteiger partial charge in [-0.1, -0.05) is 37.3 Å². The van der Waals surface area contributed by atoms with E-state index in [1.807, 2.05) is 56.6 Å². The Morgan fingerprint density at radius 2 is 1.89 bits per heavy atom. The molecule has 2 aromatic heterocycles. The second kappa shape index (κ2) is 9.99. The summed E-state index contributed by atoms with van der Waals surface area (Å²) in [5.74, 6) is 0.228. The van der Waals surface area contributed by atoms with Gasteiger partial charge in [0.2, 0.25) is 0 Å². The lowest BCUT2D eigenvalue weighted by molar-refractivity contribution is 0.00702. The Kier molecular flexibility index (Phi) is 7.20. The maximum atomic E-state index is 12.9. The van der Waals surface area contributed by atoms with E-state index in [1.165, 1.54) is 0 Å². The average molecular weight is 539 g/mol. The van der Waals surface area contributed by atoms with E-state index in [4.69, 9.17) is 9.15 Å². The Bertz CT molecular complexity index is 1380. The molecule has 0 radical (unpaired) electrons. The van der Waals surface area contributed by atoms with Gasteiger partial charge in [-0.25, -0.2) is 4.79 Å². The SMILES string of the molecule is CCc1nn(CC)c(CO)c1Cc1ccc2c(-c3ccccc3C(=O)OC(C)(C)C)oc(Br)c2c1. The average Bonchev–Trinajstić information content (AvgIpc) is 3.34. The van der Waals surface area contributed by atoms with Gasteiger partial charge >= 0.3 is 5.97 Å². The molecule has 0 aliphatic heterocycles. The summed E-state index contributed by atoms with van der Waals surface area (Å²) in [6, 6.07) is 13.5. The molecule has 0 aliphatic rings. The van der Waals surface area contributed by atoms with Crippen LogP contribution in [0.15, 0.2) is 51.6 Å². The first-order valence-corrected chi connectivity index (χ1v) is 12.7. The minimum Gasteiger partial charge on any atom is -0.456 e. The van der Waals surface area contributed by atoms with Crippen LogP contribution in [0.5, 0.6) is 0 Å². The summed E-state index contributed by atoms with van der Waals surface area (Å²) in [4.78, 5) is 12.9. The molecule has 35 heavy (non-hydrogen) atoms. The van der Waals surface area contributed by atoms with E-state index in [-0.39, 0.29) is 12.6 Å². The summed E-state index contributed by atoms with van der Waals surface area (Å²) in [6.45, 7) is 10.3. The van der Waals surface area contributed by atoms with Crippen molar-refractivity contribution in [2.24, 2.45) is 0 Å². The van der Waals surface area contributed by atoms with Gasteiger partial charge in [0, 0.05) is 34.9 Å². The van der Waals surface area contributed by atoms with Gasteiger partial charge in [0.25, 0.3) is 0 Å². The first-order valence-electron chi connectivity index (χ1n) is 11.9. The Balaban J connectivity index is 1.76. The highest BCUT2D eigenvalue weighted by Crippen LogP contribution is 2.39. The molecule has 0 saturated heterocycles. The molecule has 0 bridgehead atoms. The number of aromatic nitrogens is 2. The van der Waals surface area contributed by atoms with E-state index in [1.54, 1.807) is 6.07 Å². The van der Waals surface area contributed by atoms with Crippen molar-refractivity contribution in [1.82, 2.24) is 9.78 Å². The summed E-state index contributed by atoms with van der Waals surface area (Å²) < 4.78 is 14.2. The smallest absolute Gasteiger partial charge is 0.339 e. The molecule has 2 heterocycles. The third kappa shape index (κ3) is 5.07.